The number of carboxylic acids is 1. The van der Waals surface area contributed by atoms with Gasteiger partial charge in [0.25, 0.3) is 0 Å². The Balaban J connectivity index is 2.77. The van der Waals surface area contributed by atoms with Crippen molar-refractivity contribution in [1.29, 1.82) is 0 Å². The van der Waals surface area contributed by atoms with Crippen LogP contribution in [0.25, 0.3) is 6.08 Å². The number of hydrogen-bond donors (Lipinski definition) is 1. The van der Waals surface area contributed by atoms with E-state index in [9.17, 15) is 4.79 Å². The molecule has 1 aromatic rings. The number of rotatable bonds is 7. The number of ether oxygens (including phenoxy) is 1. The van der Waals surface area contributed by atoms with E-state index >= 15 is 0 Å². The van der Waals surface area contributed by atoms with Gasteiger partial charge in [-0.05, 0) is 34.5 Å². The average Bonchev–Trinajstić information content (AvgIpc) is 2.34. The third kappa shape index (κ3) is 4.92. The summed E-state index contributed by atoms with van der Waals surface area (Å²) >= 11 is 3.42. The van der Waals surface area contributed by atoms with Gasteiger partial charge in [-0.25, -0.2) is 4.79 Å². The number of benzene rings is 1. The molecule has 0 fully saturated rings. The maximum atomic E-state index is 10.5. The van der Waals surface area contributed by atoms with Crippen molar-refractivity contribution >= 4 is 28.0 Å². The second kappa shape index (κ2) is 7.93. The topological polar surface area (TPSA) is 46.5 Å². The Labute approximate surface area is 116 Å². The summed E-state index contributed by atoms with van der Waals surface area (Å²) in [5, 5.41) is 8.64. The van der Waals surface area contributed by atoms with Gasteiger partial charge in [0.1, 0.15) is 5.75 Å². The van der Waals surface area contributed by atoms with Crippen LogP contribution in [0.2, 0.25) is 0 Å². The molecule has 0 bridgehead atoms. The van der Waals surface area contributed by atoms with E-state index in [1.807, 2.05) is 18.2 Å². The van der Waals surface area contributed by atoms with Crippen LogP contribution >= 0.6 is 15.9 Å². The number of carbonyl (C=O) groups is 1. The van der Waals surface area contributed by atoms with Crippen LogP contribution in [0.4, 0.5) is 0 Å². The molecule has 98 valence electrons. The third-order valence-electron chi connectivity index (χ3n) is 2.40. The summed E-state index contributed by atoms with van der Waals surface area (Å²) in [6, 6.07) is 5.57. The summed E-state index contributed by atoms with van der Waals surface area (Å²) in [5.74, 6) is -0.266. The summed E-state index contributed by atoms with van der Waals surface area (Å²) in [6.45, 7) is 2.78. The molecule has 0 unspecified atom stereocenters. The molecule has 0 aliphatic carbocycles. The van der Waals surface area contributed by atoms with Gasteiger partial charge in [0.05, 0.1) is 11.1 Å². The van der Waals surface area contributed by atoms with Crippen LogP contribution in [0, 0.1) is 0 Å². The Morgan fingerprint density at radius 1 is 1.44 bits per heavy atom. The monoisotopic (exact) mass is 312 g/mol. The smallest absolute Gasteiger partial charge is 0.328 e. The summed E-state index contributed by atoms with van der Waals surface area (Å²) < 4.78 is 6.55. The molecule has 0 saturated carbocycles. The molecule has 0 radical (unpaired) electrons. The normalized spacial score (nSPS) is 10.8. The molecule has 0 atom stereocenters. The van der Waals surface area contributed by atoms with Gasteiger partial charge >= 0.3 is 5.97 Å². The van der Waals surface area contributed by atoms with Crippen LogP contribution < -0.4 is 4.74 Å². The molecule has 0 amide bonds. The maximum Gasteiger partial charge on any atom is 0.328 e. The lowest BCUT2D eigenvalue weighted by Gasteiger charge is -2.10. The Morgan fingerprint density at radius 3 is 2.89 bits per heavy atom. The summed E-state index contributed by atoms with van der Waals surface area (Å²) in [6.07, 6.45) is 5.93. The standard InChI is InChI=1S/C14H17BrO3/c1-2-3-4-10-18-14-11(8-9-13(16)17)6-5-7-12(14)15/h5-9H,2-4,10H2,1H3,(H,16,17). The number of carboxylic acid groups (broad SMARTS) is 1. The minimum Gasteiger partial charge on any atom is -0.492 e. The second-order valence-electron chi connectivity index (χ2n) is 3.89. The van der Waals surface area contributed by atoms with Gasteiger partial charge in [0.15, 0.2) is 0 Å². The second-order valence-corrected chi connectivity index (χ2v) is 4.74. The molecule has 0 aliphatic rings. The zero-order valence-electron chi connectivity index (χ0n) is 10.4. The van der Waals surface area contributed by atoms with E-state index in [1.54, 1.807) is 6.08 Å². The molecule has 18 heavy (non-hydrogen) atoms. The Hall–Kier alpha value is -1.29. The largest absolute Gasteiger partial charge is 0.492 e. The summed E-state index contributed by atoms with van der Waals surface area (Å²) in [5.41, 5.74) is 0.767. The van der Waals surface area contributed by atoms with Crippen LogP contribution in [0.1, 0.15) is 31.7 Å². The van der Waals surface area contributed by atoms with Crippen LogP contribution in [0.3, 0.4) is 0 Å². The molecule has 3 nitrogen and oxygen atoms in total. The van der Waals surface area contributed by atoms with Gasteiger partial charge in [-0.3, -0.25) is 0 Å². The van der Waals surface area contributed by atoms with Crippen molar-refractivity contribution < 1.29 is 14.6 Å². The molecule has 1 rings (SSSR count). The van der Waals surface area contributed by atoms with Crippen molar-refractivity contribution in [3.05, 3.63) is 34.3 Å². The fourth-order valence-corrected chi connectivity index (χ4v) is 1.99. The molecule has 1 N–H and O–H groups in total. The van der Waals surface area contributed by atoms with E-state index in [-0.39, 0.29) is 0 Å². The highest BCUT2D eigenvalue weighted by atomic mass is 79.9. The van der Waals surface area contributed by atoms with E-state index in [4.69, 9.17) is 9.84 Å². The lowest BCUT2D eigenvalue weighted by atomic mass is 10.2. The number of hydrogen-bond acceptors (Lipinski definition) is 2. The molecule has 0 aromatic heterocycles. The van der Waals surface area contributed by atoms with Crippen molar-refractivity contribution in [2.75, 3.05) is 6.61 Å². The first-order valence-corrected chi connectivity index (χ1v) is 6.76. The summed E-state index contributed by atoms with van der Waals surface area (Å²) in [7, 11) is 0. The van der Waals surface area contributed by atoms with E-state index in [0.29, 0.717) is 12.4 Å². The Bertz CT molecular complexity index is 427. The van der Waals surface area contributed by atoms with E-state index in [2.05, 4.69) is 22.9 Å². The highest BCUT2D eigenvalue weighted by Gasteiger charge is 2.06. The van der Waals surface area contributed by atoms with Crippen molar-refractivity contribution in [3.8, 4) is 5.75 Å². The quantitative estimate of drug-likeness (QED) is 0.608. The zero-order valence-corrected chi connectivity index (χ0v) is 11.9. The van der Waals surface area contributed by atoms with Crippen LogP contribution in [0.15, 0.2) is 28.7 Å². The van der Waals surface area contributed by atoms with Gasteiger partial charge in [-0.15, -0.1) is 0 Å². The van der Waals surface area contributed by atoms with Crippen molar-refractivity contribution in [1.82, 2.24) is 0 Å². The average molecular weight is 313 g/mol. The van der Waals surface area contributed by atoms with E-state index in [1.165, 1.54) is 0 Å². The minimum absolute atomic E-state index is 0.643. The number of aliphatic carboxylic acids is 1. The molecule has 1 aromatic carbocycles. The fourth-order valence-electron chi connectivity index (χ4n) is 1.50. The van der Waals surface area contributed by atoms with Gasteiger partial charge in [0.2, 0.25) is 0 Å². The highest BCUT2D eigenvalue weighted by molar-refractivity contribution is 9.10. The third-order valence-corrected chi connectivity index (χ3v) is 3.02. The van der Waals surface area contributed by atoms with Gasteiger partial charge < -0.3 is 9.84 Å². The molecule has 0 spiro atoms. The van der Waals surface area contributed by atoms with Gasteiger partial charge in [-0.1, -0.05) is 31.9 Å². The highest BCUT2D eigenvalue weighted by Crippen LogP contribution is 2.30. The fraction of sp³-hybridized carbons (Fsp3) is 0.357. The first-order valence-electron chi connectivity index (χ1n) is 5.97. The van der Waals surface area contributed by atoms with Crippen molar-refractivity contribution in [3.63, 3.8) is 0 Å². The van der Waals surface area contributed by atoms with Gasteiger partial charge in [-0.2, -0.15) is 0 Å². The van der Waals surface area contributed by atoms with Gasteiger partial charge in [0, 0.05) is 11.6 Å². The molecular weight excluding hydrogens is 296 g/mol. The zero-order chi connectivity index (χ0) is 13.4. The summed E-state index contributed by atoms with van der Waals surface area (Å²) in [4.78, 5) is 10.5. The van der Waals surface area contributed by atoms with Crippen LogP contribution in [-0.2, 0) is 4.79 Å². The maximum absolute atomic E-state index is 10.5. The molecule has 0 aliphatic heterocycles. The SMILES string of the molecule is CCCCCOc1c(Br)cccc1C=CC(=O)O. The lowest BCUT2D eigenvalue weighted by Crippen LogP contribution is -1.99. The molecule has 4 heteroatoms. The molecule has 0 saturated heterocycles. The molecular formula is C14H17BrO3. The van der Waals surface area contributed by atoms with E-state index < -0.39 is 5.97 Å². The number of unbranched alkanes of at least 4 members (excludes halogenated alkanes) is 2. The predicted molar refractivity (Wildman–Crippen MR) is 75.8 cm³/mol. The number of halogens is 1. The first kappa shape index (κ1) is 14.8. The number of para-hydroxylation sites is 1. The Morgan fingerprint density at radius 2 is 2.22 bits per heavy atom. The van der Waals surface area contributed by atoms with Crippen molar-refractivity contribution in [2.24, 2.45) is 0 Å². The van der Waals surface area contributed by atoms with E-state index in [0.717, 1.165) is 35.4 Å². The lowest BCUT2D eigenvalue weighted by molar-refractivity contribution is -0.131. The minimum atomic E-state index is -0.966. The van der Waals surface area contributed by atoms with Crippen LogP contribution in [0.5, 0.6) is 5.75 Å². The predicted octanol–water partition coefficient (Wildman–Crippen LogP) is 4.12. The van der Waals surface area contributed by atoms with Crippen molar-refractivity contribution in [2.45, 2.75) is 26.2 Å². The first-order chi connectivity index (χ1) is 8.65. The molecule has 0 heterocycles. The Kier molecular flexibility index (Phi) is 6.50. The van der Waals surface area contributed by atoms with Crippen LogP contribution in [-0.4, -0.2) is 17.7 Å².